The number of hydrogen-bond acceptors (Lipinski definition) is 2. The SMILES string of the molecule is CNC(C)c1ccc(OCc2ccc(F)cc2Cl)cc1F. The van der Waals surface area contributed by atoms with Crippen LogP contribution in [0.25, 0.3) is 0 Å². The molecule has 5 heteroatoms. The summed E-state index contributed by atoms with van der Waals surface area (Å²) in [6.07, 6.45) is 0. The Hall–Kier alpha value is -1.65. The number of rotatable bonds is 5. The van der Waals surface area contributed by atoms with E-state index >= 15 is 0 Å². The van der Waals surface area contributed by atoms with Crippen molar-refractivity contribution in [2.75, 3.05) is 7.05 Å². The molecule has 2 aromatic carbocycles. The van der Waals surface area contributed by atoms with E-state index in [1.54, 1.807) is 25.2 Å². The molecule has 1 atom stereocenters. The largest absolute Gasteiger partial charge is 0.489 e. The minimum Gasteiger partial charge on any atom is -0.489 e. The molecule has 0 aliphatic heterocycles. The van der Waals surface area contributed by atoms with Crippen LogP contribution in [0.2, 0.25) is 5.02 Å². The number of nitrogens with one attached hydrogen (secondary N) is 1. The highest BCUT2D eigenvalue weighted by atomic mass is 35.5. The third-order valence-corrected chi connectivity index (χ3v) is 3.63. The van der Waals surface area contributed by atoms with Gasteiger partial charge in [0.15, 0.2) is 0 Å². The average molecular weight is 312 g/mol. The fourth-order valence-electron chi connectivity index (χ4n) is 1.90. The van der Waals surface area contributed by atoms with Crippen LogP contribution in [0.1, 0.15) is 24.1 Å². The molecule has 2 nitrogen and oxygen atoms in total. The van der Waals surface area contributed by atoms with Crippen molar-refractivity contribution in [3.05, 3.63) is 64.2 Å². The summed E-state index contributed by atoms with van der Waals surface area (Å²) in [6.45, 7) is 2.02. The van der Waals surface area contributed by atoms with E-state index in [9.17, 15) is 8.78 Å². The smallest absolute Gasteiger partial charge is 0.131 e. The number of halogens is 3. The van der Waals surface area contributed by atoms with Crippen LogP contribution in [0.5, 0.6) is 5.75 Å². The van der Waals surface area contributed by atoms with Crippen LogP contribution in [0.15, 0.2) is 36.4 Å². The Bertz CT molecular complexity index is 634. The van der Waals surface area contributed by atoms with E-state index in [1.807, 2.05) is 6.92 Å². The first kappa shape index (κ1) is 15.7. The lowest BCUT2D eigenvalue weighted by molar-refractivity contribution is 0.304. The number of ether oxygens (including phenoxy) is 1. The van der Waals surface area contributed by atoms with Gasteiger partial charge in [-0.1, -0.05) is 23.7 Å². The van der Waals surface area contributed by atoms with E-state index in [0.717, 1.165) is 0 Å². The fraction of sp³-hybridized carbons (Fsp3) is 0.250. The van der Waals surface area contributed by atoms with Gasteiger partial charge < -0.3 is 10.1 Å². The zero-order chi connectivity index (χ0) is 15.4. The molecular weight excluding hydrogens is 296 g/mol. The molecular formula is C16H16ClF2NO. The third kappa shape index (κ3) is 3.93. The van der Waals surface area contributed by atoms with Gasteiger partial charge >= 0.3 is 0 Å². The molecule has 1 N–H and O–H groups in total. The Morgan fingerprint density at radius 1 is 1.19 bits per heavy atom. The van der Waals surface area contributed by atoms with E-state index in [1.165, 1.54) is 18.2 Å². The van der Waals surface area contributed by atoms with Crippen LogP contribution in [0.3, 0.4) is 0 Å². The lowest BCUT2D eigenvalue weighted by Crippen LogP contribution is -2.13. The highest BCUT2D eigenvalue weighted by Gasteiger charge is 2.10. The highest BCUT2D eigenvalue weighted by Crippen LogP contribution is 2.24. The summed E-state index contributed by atoms with van der Waals surface area (Å²) in [5.41, 5.74) is 1.22. The van der Waals surface area contributed by atoms with Gasteiger partial charge in [-0.15, -0.1) is 0 Å². The average Bonchev–Trinajstić information content (AvgIpc) is 2.45. The molecule has 112 valence electrons. The quantitative estimate of drug-likeness (QED) is 0.879. The van der Waals surface area contributed by atoms with Crippen LogP contribution < -0.4 is 10.1 Å². The third-order valence-electron chi connectivity index (χ3n) is 3.28. The van der Waals surface area contributed by atoms with Gasteiger partial charge in [-0.3, -0.25) is 0 Å². The Morgan fingerprint density at radius 3 is 2.57 bits per heavy atom. The van der Waals surface area contributed by atoms with Gasteiger partial charge in [-0.05, 0) is 32.2 Å². The first-order valence-electron chi connectivity index (χ1n) is 6.54. The second-order valence-corrected chi connectivity index (χ2v) is 5.13. The number of hydrogen-bond donors (Lipinski definition) is 1. The Morgan fingerprint density at radius 2 is 1.95 bits per heavy atom. The van der Waals surface area contributed by atoms with E-state index in [2.05, 4.69) is 5.32 Å². The zero-order valence-electron chi connectivity index (χ0n) is 11.8. The van der Waals surface area contributed by atoms with Crippen LogP contribution in [-0.2, 0) is 6.61 Å². The standard InChI is InChI=1S/C16H16ClF2NO/c1-10(20-2)14-6-5-13(8-16(14)19)21-9-11-3-4-12(18)7-15(11)17/h3-8,10,20H,9H2,1-2H3. The van der Waals surface area contributed by atoms with Gasteiger partial charge in [-0.2, -0.15) is 0 Å². The van der Waals surface area contributed by atoms with Crippen LogP contribution >= 0.6 is 11.6 Å². The van der Waals surface area contributed by atoms with E-state index < -0.39 is 5.82 Å². The van der Waals surface area contributed by atoms with E-state index in [-0.39, 0.29) is 23.5 Å². The van der Waals surface area contributed by atoms with E-state index in [4.69, 9.17) is 16.3 Å². The van der Waals surface area contributed by atoms with Crippen LogP contribution in [0.4, 0.5) is 8.78 Å². The maximum absolute atomic E-state index is 13.9. The predicted octanol–water partition coefficient (Wildman–Crippen LogP) is 4.48. The van der Waals surface area contributed by atoms with Crippen molar-refractivity contribution < 1.29 is 13.5 Å². The molecule has 2 aromatic rings. The van der Waals surface area contributed by atoms with Gasteiger partial charge in [0.2, 0.25) is 0 Å². The van der Waals surface area contributed by atoms with Crippen molar-refractivity contribution in [2.45, 2.75) is 19.6 Å². The minimum atomic E-state index is -0.403. The van der Waals surface area contributed by atoms with Crippen molar-refractivity contribution in [1.29, 1.82) is 0 Å². The molecule has 0 bridgehead atoms. The maximum Gasteiger partial charge on any atom is 0.131 e. The molecule has 1 unspecified atom stereocenters. The van der Waals surface area contributed by atoms with Gasteiger partial charge in [-0.25, -0.2) is 8.78 Å². The molecule has 0 radical (unpaired) electrons. The van der Waals surface area contributed by atoms with Crippen molar-refractivity contribution in [3.8, 4) is 5.75 Å². The summed E-state index contributed by atoms with van der Waals surface area (Å²) >= 11 is 5.91. The first-order chi connectivity index (χ1) is 10.0. The maximum atomic E-state index is 13.9. The van der Waals surface area contributed by atoms with Gasteiger partial charge in [0.05, 0.1) is 5.02 Å². The second-order valence-electron chi connectivity index (χ2n) is 4.72. The van der Waals surface area contributed by atoms with Crippen molar-refractivity contribution in [2.24, 2.45) is 0 Å². The van der Waals surface area contributed by atoms with Crippen molar-refractivity contribution in [1.82, 2.24) is 5.32 Å². The Kier molecular flexibility index (Phi) is 5.15. The summed E-state index contributed by atoms with van der Waals surface area (Å²) in [7, 11) is 1.77. The fourth-order valence-corrected chi connectivity index (χ4v) is 2.13. The molecule has 0 aliphatic carbocycles. The first-order valence-corrected chi connectivity index (χ1v) is 6.92. The molecule has 0 aliphatic rings. The molecule has 0 heterocycles. The molecule has 0 saturated carbocycles. The molecule has 0 amide bonds. The highest BCUT2D eigenvalue weighted by molar-refractivity contribution is 6.31. The monoisotopic (exact) mass is 311 g/mol. The summed E-state index contributed by atoms with van der Waals surface area (Å²) in [6, 6.07) is 8.71. The lowest BCUT2D eigenvalue weighted by Gasteiger charge is -2.13. The zero-order valence-corrected chi connectivity index (χ0v) is 12.5. The summed E-state index contributed by atoms with van der Waals surface area (Å²) in [4.78, 5) is 0. The van der Waals surface area contributed by atoms with Crippen LogP contribution in [0, 0.1) is 11.6 Å². The topological polar surface area (TPSA) is 21.3 Å². The minimum absolute atomic E-state index is 0.0782. The van der Waals surface area contributed by atoms with Gasteiger partial charge in [0.25, 0.3) is 0 Å². The van der Waals surface area contributed by atoms with Gasteiger partial charge in [0.1, 0.15) is 24.0 Å². The summed E-state index contributed by atoms with van der Waals surface area (Å²) in [5, 5.41) is 3.27. The molecule has 21 heavy (non-hydrogen) atoms. The summed E-state index contributed by atoms with van der Waals surface area (Å²) < 4.78 is 32.4. The molecule has 0 fully saturated rings. The predicted molar refractivity (Wildman–Crippen MR) is 79.6 cm³/mol. The lowest BCUT2D eigenvalue weighted by atomic mass is 10.1. The number of benzene rings is 2. The van der Waals surface area contributed by atoms with Crippen LogP contribution in [-0.4, -0.2) is 7.05 Å². The normalized spacial score (nSPS) is 12.2. The van der Waals surface area contributed by atoms with E-state index in [0.29, 0.717) is 16.9 Å². The molecule has 0 spiro atoms. The Labute approximate surface area is 127 Å². The van der Waals surface area contributed by atoms with Gasteiger partial charge in [0, 0.05) is 23.2 Å². The van der Waals surface area contributed by atoms with Crippen molar-refractivity contribution in [3.63, 3.8) is 0 Å². The molecule has 2 rings (SSSR count). The molecule has 0 saturated heterocycles. The molecule has 0 aromatic heterocycles. The Balaban J connectivity index is 2.08. The second kappa shape index (κ2) is 6.87. The van der Waals surface area contributed by atoms with Crippen molar-refractivity contribution >= 4 is 11.6 Å². The summed E-state index contributed by atoms with van der Waals surface area (Å²) in [5.74, 6) is -0.334.